The van der Waals surface area contributed by atoms with Crippen molar-refractivity contribution in [1.82, 2.24) is 5.32 Å². The largest absolute Gasteiger partial charge is 0.480 e. The van der Waals surface area contributed by atoms with Crippen LogP contribution in [0, 0.1) is 0 Å². The molecule has 0 spiro atoms. The normalized spacial score (nSPS) is 12.8. The topological polar surface area (TPSA) is 62.5 Å². The lowest BCUT2D eigenvalue weighted by Gasteiger charge is -2.06. The van der Waals surface area contributed by atoms with Crippen molar-refractivity contribution >= 4 is 5.97 Å². The van der Waals surface area contributed by atoms with Crippen LogP contribution in [0.4, 0.5) is 0 Å². The minimum absolute atomic E-state index is 0.445. The summed E-state index contributed by atoms with van der Waals surface area (Å²) < 4.78 is 5.01. The first-order valence-corrected chi connectivity index (χ1v) is 3.68. The average Bonchev–Trinajstić information content (AvgIpc) is 2.51. The molecule has 0 amide bonds. The quantitative estimate of drug-likeness (QED) is 0.701. The molecule has 12 heavy (non-hydrogen) atoms. The van der Waals surface area contributed by atoms with Gasteiger partial charge in [-0.2, -0.15) is 0 Å². The first kappa shape index (κ1) is 8.80. The number of nitrogens with one attached hydrogen (secondary N) is 1. The van der Waals surface area contributed by atoms with Crippen LogP contribution in [-0.2, 0) is 11.3 Å². The van der Waals surface area contributed by atoms with E-state index in [1.165, 1.54) is 0 Å². The third kappa shape index (κ3) is 2.39. The van der Waals surface area contributed by atoms with Gasteiger partial charge in [0, 0.05) is 0 Å². The Hall–Kier alpha value is -1.29. The van der Waals surface area contributed by atoms with E-state index in [4.69, 9.17) is 9.52 Å². The van der Waals surface area contributed by atoms with Crippen molar-refractivity contribution in [2.45, 2.75) is 19.5 Å². The number of aliphatic carboxylic acids is 1. The summed E-state index contributed by atoms with van der Waals surface area (Å²) in [6.07, 6.45) is 1.56. The summed E-state index contributed by atoms with van der Waals surface area (Å²) >= 11 is 0. The third-order valence-corrected chi connectivity index (χ3v) is 1.53. The lowest BCUT2D eigenvalue weighted by Crippen LogP contribution is -2.32. The Balaban J connectivity index is 2.31. The molecule has 0 unspecified atom stereocenters. The van der Waals surface area contributed by atoms with Crippen LogP contribution in [0.3, 0.4) is 0 Å². The Bertz CT molecular complexity index is 243. The van der Waals surface area contributed by atoms with Crippen LogP contribution < -0.4 is 5.32 Å². The molecule has 0 saturated heterocycles. The molecule has 2 N–H and O–H groups in total. The number of hydrogen-bond acceptors (Lipinski definition) is 3. The fourth-order valence-corrected chi connectivity index (χ4v) is 0.754. The molecule has 0 bridgehead atoms. The van der Waals surface area contributed by atoms with Gasteiger partial charge in [0.25, 0.3) is 0 Å². The highest BCUT2D eigenvalue weighted by Gasteiger charge is 2.09. The highest BCUT2D eigenvalue weighted by molar-refractivity contribution is 5.72. The summed E-state index contributed by atoms with van der Waals surface area (Å²) in [6.45, 7) is 2.03. The second kappa shape index (κ2) is 3.92. The van der Waals surface area contributed by atoms with E-state index in [0.717, 1.165) is 5.76 Å². The summed E-state index contributed by atoms with van der Waals surface area (Å²) in [5.74, 6) is -0.121. The van der Waals surface area contributed by atoms with Gasteiger partial charge in [-0.1, -0.05) is 0 Å². The first-order valence-electron chi connectivity index (χ1n) is 3.68. The number of furan rings is 1. The van der Waals surface area contributed by atoms with Gasteiger partial charge < -0.3 is 9.52 Å². The van der Waals surface area contributed by atoms with Gasteiger partial charge in [0.1, 0.15) is 11.8 Å². The maximum atomic E-state index is 10.4. The van der Waals surface area contributed by atoms with E-state index in [0.29, 0.717) is 6.54 Å². The van der Waals surface area contributed by atoms with Crippen molar-refractivity contribution in [1.29, 1.82) is 0 Å². The predicted molar refractivity (Wildman–Crippen MR) is 42.6 cm³/mol. The minimum atomic E-state index is -0.860. The smallest absolute Gasteiger partial charge is 0.320 e. The molecule has 0 saturated carbocycles. The highest BCUT2D eigenvalue weighted by atomic mass is 16.4. The van der Waals surface area contributed by atoms with Gasteiger partial charge in [0.05, 0.1) is 12.8 Å². The Morgan fingerprint density at radius 2 is 2.58 bits per heavy atom. The molecular weight excluding hydrogens is 158 g/mol. The molecule has 0 radical (unpaired) electrons. The molecular formula is C8H11NO3. The average molecular weight is 169 g/mol. The van der Waals surface area contributed by atoms with Crippen LogP contribution in [0.2, 0.25) is 0 Å². The monoisotopic (exact) mass is 169 g/mol. The maximum Gasteiger partial charge on any atom is 0.320 e. The molecule has 1 atom stereocenters. The van der Waals surface area contributed by atoms with Crippen LogP contribution >= 0.6 is 0 Å². The molecule has 4 nitrogen and oxygen atoms in total. The molecule has 1 heterocycles. The molecule has 4 heteroatoms. The summed E-state index contributed by atoms with van der Waals surface area (Å²) in [4.78, 5) is 10.4. The van der Waals surface area contributed by atoms with Gasteiger partial charge in [-0.15, -0.1) is 0 Å². The van der Waals surface area contributed by atoms with Gasteiger partial charge in [-0.25, -0.2) is 0 Å². The number of carbonyl (C=O) groups is 1. The second-order valence-electron chi connectivity index (χ2n) is 2.52. The summed E-state index contributed by atoms with van der Waals surface area (Å²) in [5, 5.41) is 11.3. The van der Waals surface area contributed by atoms with E-state index in [-0.39, 0.29) is 0 Å². The van der Waals surface area contributed by atoms with E-state index in [9.17, 15) is 4.79 Å². The molecule has 1 aromatic rings. The van der Waals surface area contributed by atoms with Crippen LogP contribution in [-0.4, -0.2) is 17.1 Å². The van der Waals surface area contributed by atoms with Crippen molar-refractivity contribution in [3.8, 4) is 0 Å². The Morgan fingerprint density at radius 3 is 3.08 bits per heavy atom. The van der Waals surface area contributed by atoms with Crippen molar-refractivity contribution in [3.05, 3.63) is 24.2 Å². The lowest BCUT2D eigenvalue weighted by molar-refractivity contribution is -0.139. The van der Waals surface area contributed by atoms with Crippen molar-refractivity contribution < 1.29 is 14.3 Å². The molecule has 1 aromatic heterocycles. The van der Waals surface area contributed by atoms with Crippen LogP contribution in [0.15, 0.2) is 22.8 Å². The summed E-state index contributed by atoms with van der Waals surface area (Å²) in [5.41, 5.74) is 0. The molecule has 0 aliphatic rings. The zero-order valence-corrected chi connectivity index (χ0v) is 6.78. The van der Waals surface area contributed by atoms with Gasteiger partial charge in [0.2, 0.25) is 0 Å². The molecule has 0 aliphatic heterocycles. The van der Waals surface area contributed by atoms with E-state index in [2.05, 4.69) is 5.32 Å². The Morgan fingerprint density at radius 1 is 1.83 bits per heavy atom. The number of hydrogen-bond donors (Lipinski definition) is 2. The molecule has 0 aromatic carbocycles. The molecule has 66 valence electrons. The first-order chi connectivity index (χ1) is 5.70. The van der Waals surface area contributed by atoms with E-state index >= 15 is 0 Å². The molecule has 0 fully saturated rings. The van der Waals surface area contributed by atoms with Gasteiger partial charge in [-0.05, 0) is 19.1 Å². The summed E-state index contributed by atoms with van der Waals surface area (Å²) in [7, 11) is 0. The van der Waals surface area contributed by atoms with Gasteiger partial charge in [0.15, 0.2) is 0 Å². The second-order valence-corrected chi connectivity index (χ2v) is 2.52. The standard InChI is InChI=1S/C8H11NO3/c1-6(8(10)11)9-5-7-3-2-4-12-7/h2-4,6,9H,5H2,1H3,(H,10,11)/t6-/m0/s1. The molecule has 0 aliphatic carbocycles. The number of carboxylic acids is 1. The summed E-state index contributed by atoms with van der Waals surface area (Å²) in [6, 6.07) is 3.01. The van der Waals surface area contributed by atoms with Crippen molar-refractivity contribution in [2.24, 2.45) is 0 Å². The van der Waals surface area contributed by atoms with Crippen molar-refractivity contribution in [3.63, 3.8) is 0 Å². The predicted octanol–water partition coefficient (Wildman–Crippen LogP) is 0.842. The fourth-order valence-electron chi connectivity index (χ4n) is 0.754. The Labute approximate surface area is 70.2 Å². The Kier molecular flexibility index (Phi) is 2.88. The minimum Gasteiger partial charge on any atom is -0.480 e. The molecule has 1 rings (SSSR count). The highest BCUT2D eigenvalue weighted by Crippen LogP contribution is 1.99. The SMILES string of the molecule is C[C@H](NCc1ccco1)C(=O)O. The zero-order chi connectivity index (χ0) is 8.97. The fraction of sp³-hybridized carbons (Fsp3) is 0.375. The van der Waals surface area contributed by atoms with E-state index < -0.39 is 12.0 Å². The lowest BCUT2D eigenvalue weighted by atomic mass is 10.3. The number of carboxylic acid groups (broad SMARTS) is 1. The van der Waals surface area contributed by atoms with Gasteiger partial charge in [-0.3, -0.25) is 10.1 Å². The van der Waals surface area contributed by atoms with Crippen LogP contribution in [0.25, 0.3) is 0 Å². The van der Waals surface area contributed by atoms with Gasteiger partial charge >= 0.3 is 5.97 Å². The van der Waals surface area contributed by atoms with Crippen molar-refractivity contribution in [2.75, 3.05) is 0 Å². The zero-order valence-electron chi connectivity index (χ0n) is 6.78. The van der Waals surface area contributed by atoms with E-state index in [1.807, 2.05) is 0 Å². The van der Waals surface area contributed by atoms with E-state index in [1.54, 1.807) is 25.3 Å². The van der Waals surface area contributed by atoms with Crippen LogP contribution in [0.1, 0.15) is 12.7 Å². The van der Waals surface area contributed by atoms with Crippen LogP contribution in [0.5, 0.6) is 0 Å². The number of rotatable bonds is 4. The third-order valence-electron chi connectivity index (χ3n) is 1.53. The maximum absolute atomic E-state index is 10.4.